The molecule has 3 aliphatic heterocycles. The van der Waals surface area contributed by atoms with Gasteiger partial charge >= 0.3 is 0 Å². The fourth-order valence-electron chi connectivity index (χ4n) is 6.76. The Hall–Kier alpha value is -2.56. The van der Waals surface area contributed by atoms with Crippen molar-refractivity contribution in [3.05, 3.63) is 40.9 Å². The molecule has 1 aromatic heterocycles. The minimum atomic E-state index is 0.245. The summed E-state index contributed by atoms with van der Waals surface area (Å²) in [6, 6.07) is 12.0. The Morgan fingerprint density at radius 1 is 0.973 bits per heavy atom. The Morgan fingerprint density at radius 2 is 1.73 bits per heavy atom. The van der Waals surface area contributed by atoms with Crippen molar-refractivity contribution in [1.29, 1.82) is 5.26 Å². The van der Waals surface area contributed by atoms with Crippen molar-refractivity contribution in [3.8, 4) is 11.9 Å². The molecule has 7 nitrogen and oxygen atoms in total. The SMILES string of the molecule is N#Cc1ccc(N2CCC3(CCN(c4ccc(OC5CN(CC6CCCCC6)C5)nn4)CC3)C2)cc1Cl. The highest BCUT2D eigenvalue weighted by Crippen LogP contribution is 2.43. The van der Waals surface area contributed by atoms with Crippen molar-refractivity contribution >= 4 is 23.1 Å². The van der Waals surface area contributed by atoms with Crippen LogP contribution in [0.1, 0.15) is 56.9 Å². The van der Waals surface area contributed by atoms with Crippen LogP contribution in [0.4, 0.5) is 11.5 Å². The van der Waals surface area contributed by atoms with Crippen LogP contribution in [0.3, 0.4) is 0 Å². The number of halogens is 1. The zero-order valence-corrected chi connectivity index (χ0v) is 22.4. The Labute approximate surface area is 225 Å². The Bertz CT molecular complexity index is 1110. The van der Waals surface area contributed by atoms with E-state index < -0.39 is 0 Å². The second-order valence-electron chi connectivity index (χ2n) is 11.6. The Kier molecular flexibility index (Phi) is 7.14. The average Bonchev–Trinajstić information content (AvgIpc) is 3.32. The molecule has 0 N–H and O–H groups in total. The first-order chi connectivity index (χ1) is 18.1. The van der Waals surface area contributed by atoms with Crippen LogP contribution >= 0.6 is 11.6 Å². The van der Waals surface area contributed by atoms with E-state index in [0.717, 1.165) is 69.5 Å². The van der Waals surface area contributed by atoms with Gasteiger partial charge in [0.15, 0.2) is 5.82 Å². The lowest BCUT2D eigenvalue weighted by molar-refractivity contribution is 0.00374. The molecule has 6 rings (SSSR count). The first-order valence-electron chi connectivity index (χ1n) is 14.0. The summed E-state index contributed by atoms with van der Waals surface area (Å²) in [4.78, 5) is 7.32. The van der Waals surface area contributed by atoms with Crippen LogP contribution in [-0.2, 0) is 0 Å². The summed E-state index contributed by atoms with van der Waals surface area (Å²) in [5.41, 5.74) is 1.99. The molecule has 1 aliphatic carbocycles. The van der Waals surface area contributed by atoms with Crippen molar-refractivity contribution in [3.63, 3.8) is 0 Å². The number of ether oxygens (including phenoxy) is 1. The monoisotopic (exact) mass is 520 g/mol. The van der Waals surface area contributed by atoms with Crippen molar-refractivity contribution in [2.24, 2.45) is 11.3 Å². The van der Waals surface area contributed by atoms with E-state index in [-0.39, 0.29) is 6.10 Å². The number of hydrogen-bond acceptors (Lipinski definition) is 7. The van der Waals surface area contributed by atoms with E-state index in [0.29, 0.717) is 21.9 Å². The molecule has 8 heteroatoms. The molecule has 0 atom stereocenters. The van der Waals surface area contributed by atoms with Gasteiger partial charge in [-0.25, -0.2) is 0 Å². The maximum Gasteiger partial charge on any atom is 0.233 e. The predicted molar refractivity (Wildman–Crippen MR) is 146 cm³/mol. The standard InChI is InChI=1S/C29H37ClN6O/c30-26-16-24(7-6-23(26)17-31)36-15-12-29(21-36)10-13-35(14-11-29)27-8-9-28(33-32-27)37-25-19-34(20-25)18-22-4-2-1-3-5-22/h6-9,16,22,25H,1-5,10-15,18-21H2. The molecule has 196 valence electrons. The first kappa shape index (κ1) is 24.8. The van der Waals surface area contributed by atoms with E-state index >= 15 is 0 Å². The molecule has 1 aromatic carbocycles. The molecule has 0 unspecified atom stereocenters. The van der Waals surface area contributed by atoms with Crippen LogP contribution < -0.4 is 14.5 Å². The van der Waals surface area contributed by atoms with Gasteiger partial charge in [-0.3, -0.25) is 4.90 Å². The van der Waals surface area contributed by atoms with Gasteiger partial charge in [0.1, 0.15) is 12.2 Å². The summed E-state index contributed by atoms with van der Waals surface area (Å²) in [6.45, 7) is 7.33. The maximum absolute atomic E-state index is 9.15. The van der Waals surface area contributed by atoms with Gasteiger partial charge in [-0.15, -0.1) is 10.2 Å². The van der Waals surface area contributed by atoms with Gasteiger partial charge in [0.05, 0.1) is 10.6 Å². The third-order valence-electron chi connectivity index (χ3n) is 9.10. The molecular weight excluding hydrogens is 484 g/mol. The summed E-state index contributed by atoms with van der Waals surface area (Å²) < 4.78 is 6.10. The minimum absolute atomic E-state index is 0.245. The van der Waals surface area contributed by atoms with E-state index in [1.165, 1.54) is 45.1 Å². The molecule has 3 saturated heterocycles. The summed E-state index contributed by atoms with van der Waals surface area (Å²) in [5.74, 6) is 2.48. The van der Waals surface area contributed by atoms with Crippen LogP contribution in [0.5, 0.6) is 5.88 Å². The lowest BCUT2D eigenvalue weighted by Gasteiger charge is -2.41. The fourth-order valence-corrected chi connectivity index (χ4v) is 6.98. The number of piperidine rings is 1. The second kappa shape index (κ2) is 10.7. The highest BCUT2D eigenvalue weighted by molar-refractivity contribution is 6.32. The number of aromatic nitrogens is 2. The fraction of sp³-hybridized carbons (Fsp3) is 0.621. The molecule has 4 fully saturated rings. The van der Waals surface area contributed by atoms with Crippen molar-refractivity contribution in [2.75, 3.05) is 55.6 Å². The maximum atomic E-state index is 9.15. The first-order valence-corrected chi connectivity index (χ1v) is 14.4. The van der Waals surface area contributed by atoms with E-state index in [4.69, 9.17) is 21.6 Å². The number of likely N-dealkylation sites (tertiary alicyclic amines) is 1. The molecule has 4 aliphatic rings. The summed E-state index contributed by atoms with van der Waals surface area (Å²) >= 11 is 6.29. The van der Waals surface area contributed by atoms with Crippen LogP contribution in [0, 0.1) is 22.7 Å². The Balaban J connectivity index is 0.962. The van der Waals surface area contributed by atoms with E-state index in [9.17, 15) is 0 Å². The summed E-state index contributed by atoms with van der Waals surface area (Å²) in [5, 5.41) is 18.6. The van der Waals surface area contributed by atoms with Crippen molar-refractivity contribution in [1.82, 2.24) is 15.1 Å². The Morgan fingerprint density at radius 3 is 2.41 bits per heavy atom. The molecule has 0 amide bonds. The lowest BCUT2D eigenvalue weighted by Crippen LogP contribution is -2.55. The molecule has 1 spiro atoms. The molecule has 2 aromatic rings. The van der Waals surface area contributed by atoms with Crippen molar-refractivity contribution < 1.29 is 4.74 Å². The third-order valence-corrected chi connectivity index (χ3v) is 9.42. The van der Waals surface area contributed by atoms with Gasteiger partial charge in [0, 0.05) is 57.6 Å². The zero-order valence-electron chi connectivity index (χ0n) is 21.6. The predicted octanol–water partition coefficient (Wildman–Crippen LogP) is 5.14. The highest BCUT2D eigenvalue weighted by Gasteiger charge is 2.41. The van der Waals surface area contributed by atoms with Gasteiger partial charge in [-0.1, -0.05) is 30.9 Å². The summed E-state index contributed by atoms with van der Waals surface area (Å²) in [6.07, 6.45) is 10.8. The van der Waals surface area contributed by atoms with Crippen molar-refractivity contribution in [2.45, 2.75) is 57.5 Å². The molecule has 1 saturated carbocycles. The smallest absolute Gasteiger partial charge is 0.233 e. The third kappa shape index (κ3) is 5.51. The quantitative estimate of drug-likeness (QED) is 0.522. The second-order valence-corrected chi connectivity index (χ2v) is 12.0. The molecule has 0 bridgehead atoms. The zero-order chi connectivity index (χ0) is 25.2. The lowest BCUT2D eigenvalue weighted by atomic mass is 9.78. The highest BCUT2D eigenvalue weighted by atomic mass is 35.5. The van der Waals surface area contributed by atoms with E-state index in [1.807, 2.05) is 24.3 Å². The van der Waals surface area contributed by atoms with Gasteiger partial charge in [0.25, 0.3) is 0 Å². The van der Waals surface area contributed by atoms with Gasteiger partial charge in [-0.05, 0) is 67.7 Å². The van der Waals surface area contributed by atoms with Crippen LogP contribution in [0.25, 0.3) is 0 Å². The van der Waals surface area contributed by atoms with Crippen LogP contribution in [0.2, 0.25) is 5.02 Å². The topological polar surface area (TPSA) is 68.5 Å². The number of anilines is 2. The molecular formula is C29H37ClN6O. The van der Waals surface area contributed by atoms with Crippen LogP contribution in [-0.4, -0.2) is 67.0 Å². The number of nitrogens with zero attached hydrogens (tertiary/aromatic N) is 6. The number of rotatable bonds is 6. The normalized spacial score (nSPS) is 22.7. The minimum Gasteiger partial charge on any atom is -0.471 e. The van der Waals surface area contributed by atoms with E-state index in [1.54, 1.807) is 0 Å². The molecule has 37 heavy (non-hydrogen) atoms. The molecule has 0 radical (unpaired) electrons. The summed E-state index contributed by atoms with van der Waals surface area (Å²) in [7, 11) is 0. The van der Waals surface area contributed by atoms with Gasteiger partial charge in [0.2, 0.25) is 5.88 Å². The number of nitriles is 1. The van der Waals surface area contributed by atoms with Crippen LogP contribution in [0.15, 0.2) is 30.3 Å². The average molecular weight is 521 g/mol. The van der Waals surface area contributed by atoms with Gasteiger partial charge < -0.3 is 14.5 Å². The van der Waals surface area contributed by atoms with Gasteiger partial charge in [-0.2, -0.15) is 5.26 Å². The number of benzene rings is 1. The number of hydrogen-bond donors (Lipinski definition) is 0. The van der Waals surface area contributed by atoms with E-state index in [2.05, 4.69) is 37.0 Å². The molecule has 4 heterocycles. The largest absolute Gasteiger partial charge is 0.471 e.